The topological polar surface area (TPSA) is 70.5 Å². The van der Waals surface area contributed by atoms with Gasteiger partial charge in [-0.15, -0.1) is 0 Å². The van der Waals surface area contributed by atoms with Crippen molar-refractivity contribution >= 4 is 33.0 Å². The van der Waals surface area contributed by atoms with Crippen LogP contribution in [0.5, 0.6) is 0 Å². The molecule has 1 fully saturated rings. The van der Waals surface area contributed by atoms with E-state index < -0.39 is 16.1 Å². The maximum Gasteiger partial charge on any atom is 0.254 e. The van der Waals surface area contributed by atoms with Crippen LogP contribution in [0.3, 0.4) is 0 Å². The number of aliphatic hydroxyl groups excluding tert-OH is 1. The summed E-state index contributed by atoms with van der Waals surface area (Å²) in [5.74, 6) is 0. The van der Waals surface area contributed by atoms with E-state index in [9.17, 15) is 13.5 Å². The molecule has 2 heterocycles. The van der Waals surface area contributed by atoms with Crippen LogP contribution in [0, 0.1) is 0 Å². The van der Waals surface area contributed by atoms with Gasteiger partial charge in [0.2, 0.25) is 0 Å². The molecule has 1 aromatic rings. The Morgan fingerprint density at radius 1 is 1.67 bits per heavy atom. The zero-order valence-corrected chi connectivity index (χ0v) is 10.0. The van der Waals surface area contributed by atoms with E-state index in [0.717, 1.165) is 11.3 Å². The standard InChI is InChI=1S/C7H9ClN2O3S2/c8-7-9-3-6(14-7)15(12,13)10-2-1-5(11)4-10/h3,5,11H,1-2,4H2. The predicted molar refractivity (Wildman–Crippen MR) is 56.5 cm³/mol. The van der Waals surface area contributed by atoms with Gasteiger partial charge in [0.25, 0.3) is 10.0 Å². The second-order valence-electron chi connectivity index (χ2n) is 3.24. The molecule has 0 bridgehead atoms. The van der Waals surface area contributed by atoms with E-state index in [-0.39, 0.29) is 15.2 Å². The van der Waals surface area contributed by atoms with E-state index in [1.165, 1.54) is 10.5 Å². The predicted octanol–water partition coefficient (Wildman–Crippen LogP) is 0.552. The summed E-state index contributed by atoms with van der Waals surface area (Å²) in [6.07, 6.45) is 1.15. The van der Waals surface area contributed by atoms with Crippen molar-refractivity contribution in [3.05, 3.63) is 10.7 Å². The van der Waals surface area contributed by atoms with Crippen molar-refractivity contribution in [1.29, 1.82) is 0 Å². The number of hydrogen-bond acceptors (Lipinski definition) is 5. The zero-order chi connectivity index (χ0) is 11.1. The maximum atomic E-state index is 11.9. The van der Waals surface area contributed by atoms with Gasteiger partial charge in [-0.1, -0.05) is 22.9 Å². The lowest BCUT2D eigenvalue weighted by molar-refractivity contribution is 0.189. The molecule has 0 saturated carbocycles. The Morgan fingerprint density at radius 3 is 2.87 bits per heavy atom. The molecule has 1 saturated heterocycles. The van der Waals surface area contributed by atoms with Gasteiger partial charge in [0.15, 0.2) is 8.68 Å². The largest absolute Gasteiger partial charge is 0.392 e. The van der Waals surface area contributed by atoms with E-state index in [0.29, 0.717) is 13.0 Å². The molecule has 1 aromatic heterocycles. The van der Waals surface area contributed by atoms with Gasteiger partial charge in [-0.25, -0.2) is 13.4 Å². The average molecular weight is 269 g/mol. The fourth-order valence-electron chi connectivity index (χ4n) is 1.41. The average Bonchev–Trinajstić information content (AvgIpc) is 2.74. The van der Waals surface area contributed by atoms with Crippen molar-refractivity contribution in [1.82, 2.24) is 9.29 Å². The van der Waals surface area contributed by atoms with Crippen LogP contribution in [0.2, 0.25) is 4.47 Å². The summed E-state index contributed by atoms with van der Waals surface area (Å²) in [5, 5.41) is 9.27. The first-order chi connectivity index (χ1) is 7.00. The number of nitrogens with zero attached hydrogens (tertiary/aromatic N) is 2. The van der Waals surface area contributed by atoms with E-state index in [1.807, 2.05) is 0 Å². The molecule has 0 amide bonds. The maximum absolute atomic E-state index is 11.9. The lowest BCUT2D eigenvalue weighted by atomic mass is 10.3. The van der Waals surface area contributed by atoms with Crippen molar-refractivity contribution in [2.45, 2.75) is 16.7 Å². The molecule has 1 unspecified atom stereocenters. The van der Waals surface area contributed by atoms with Gasteiger partial charge in [0, 0.05) is 13.1 Å². The van der Waals surface area contributed by atoms with Crippen LogP contribution in [0.15, 0.2) is 10.4 Å². The highest BCUT2D eigenvalue weighted by Gasteiger charge is 2.32. The molecule has 84 valence electrons. The minimum Gasteiger partial charge on any atom is -0.392 e. The minimum atomic E-state index is -3.51. The Labute approximate surface area is 96.4 Å². The lowest BCUT2D eigenvalue weighted by Crippen LogP contribution is -2.29. The third-order valence-electron chi connectivity index (χ3n) is 2.18. The molecule has 5 nitrogen and oxygen atoms in total. The minimum absolute atomic E-state index is 0.126. The number of hydrogen-bond donors (Lipinski definition) is 1. The Balaban J connectivity index is 2.27. The Kier molecular flexibility index (Phi) is 3.00. The smallest absolute Gasteiger partial charge is 0.254 e. The van der Waals surface area contributed by atoms with Crippen LogP contribution in [0.1, 0.15) is 6.42 Å². The quantitative estimate of drug-likeness (QED) is 0.851. The van der Waals surface area contributed by atoms with Crippen LogP contribution in [0.25, 0.3) is 0 Å². The number of sulfonamides is 1. The molecule has 0 aliphatic carbocycles. The highest BCUT2D eigenvalue weighted by atomic mass is 35.5. The van der Waals surface area contributed by atoms with Crippen LogP contribution in [-0.2, 0) is 10.0 Å². The number of aliphatic hydroxyl groups is 1. The van der Waals surface area contributed by atoms with Crippen LogP contribution < -0.4 is 0 Å². The molecule has 1 atom stereocenters. The highest BCUT2D eigenvalue weighted by molar-refractivity contribution is 7.91. The van der Waals surface area contributed by atoms with Gasteiger partial charge in [-0.2, -0.15) is 4.31 Å². The van der Waals surface area contributed by atoms with Gasteiger partial charge in [0.05, 0.1) is 12.3 Å². The zero-order valence-electron chi connectivity index (χ0n) is 7.63. The van der Waals surface area contributed by atoms with E-state index >= 15 is 0 Å². The van der Waals surface area contributed by atoms with Crippen molar-refractivity contribution < 1.29 is 13.5 Å². The number of β-amino-alcohol motifs (C(OH)–C–C–N with tert-alkyl or cyclic N) is 1. The fourth-order valence-corrected chi connectivity index (χ4v) is 4.36. The van der Waals surface area contributed by atoms with Crippen molar-refractivity contribution in [3.63, 3.8) is 0 Å². The lowest BCUT2D eigenvalue weighted by Gasteiger charge is -2.13. The Hall–Kier alpha value is -0.210. The van der Waals surface area contributed by atoms with E-state index in [2.05, 4.69) is 4.98 Å². The van der Waals surface area contributed by atoms with Crippen molar-refractivity contribution in [3.8, 4) is 0 Å². The molecule has 1 N–H and O–H groups in total. The third kappa shape index (κ3) is 2.16. The van der Waals surface area contributed by atoms with E-state index in [4.69, 9.17) is 11.6 Å². The second kappa shape index (κ2) is 3.99. The Bertz CT molecular complexity index is 459. The highest BCUT2D eigenvalue weighted by Crippen LogP contribution is 2.27. The van der Waals surface area contributed by atoms with Gasteiger partial charge < -0.3 is 5.11 Å². The van der Waals surface area contributed by atoms with Crippen molar-refractivity contribution in [2.75, 3.05) is 13.1 Å². The van der Waals surface area contributed by atoms with Crippen LogP contribution in [0.4, 0.5) is 0 Å². The first-order valence-corrected chi connectivity index (χ1v) is 6.93. The summed E-state index contributed by atoms with van der Waals surface area (Å²) >= 11 is 6.50. The molecule has 1 aliphatic heterocycles. The number of aromatic nitrogens is 1. The summed E-state index contributed by atoms with van der Waals surface area (Å²) in [5.41, 5.74) is 0. The molecular weight excluding hydrogens is 260 g/mol. The molecule has 0 aromatic carbocycles. The summed E-state index contributed by atoms with van der Waals surface area (Å²) in [7, 11) is -3.51. The molecule has 1 aliphatic rings. The summed E-state index contributed by atoms with van der Waals surface area (Å²) in [6.45, 7) is 0.497. The first-order valence-electron chi connectivity index (χ1n) is 4.29. The van der Waals surface area contributed by atoms with Gasteiger partial charge in [0.1, 0.15) is 0 Å². The SMILES string of the molecule is O=S(=O)(c1cnc(Cl)s1)N1CCC(O)C1. The van der Waals surface area contributed by atoms with Crippen LogP contribution in [-0.4, -0.2) is 42.0 Å². The fraction of sp³-hybridized carbons (Fsp3) is 0.571. The summed E-state index contributed by atoms with van der Waals surface area (Å²) in [6, 6.07) is 0. The molecule has 0 spiro atoms. The molecule has 2 rings (SSSR count). The van der Waals surface area contributed by atoms with Gasteiger partial charge in [-0.05, 0) is 6.42 Å². The van der Waals surface area contributed by atoms with E-state index in [1.54, 1.807) is 0 Å². The summed E-state index contributed by atoms with van der Waals surface area (Å²) < 4.78 is 25.4. The number of thiazole rings is 1. The summed E-state index contributed by atoms with van der Waals surface area (Å²) in [4.78, 5) is 3.69. The van der Waals surface area contributed by atoms with Crippen LogP contribution >= 0.6 is 22.9 Å². The number of rotatable bonds is 2. The second-order valence-corrected chi connectivity index (χ2v) is 7.02. The Morgan fingerprint density at radius 2 is 2.40 bits per heavy atom. The molecule has 15 heavy (non-hydrogen) atoms. The molecule has 8 heteroatoms. The number of halogens is 1. The third-order valence-corrected chi connectivity index (χ3v) is 5.59. The normalized spacial score (nSPS) is 23.5. The van der Waals surface area contributed by atoms with Crippen molar-refractivity contribution in [2.24, 2.45) is 0 Å². The van der Waals surface area contributed by atoms with Gasteiger partial charge >= 0.3 is 0 Å². The molecular formula is C7H9ClN2O3S2. The van der Waals surface area contributed by atoms with Gasteiger partial charge in [-0.3, -0.25) is 0 Å². The first kappa shape index (κ1) is 11.3. The monoisotopic (exact) mass is 268 g/mol. The molecule has 0 radical (unpaired) electrons.